The van der Waals surface area contributed by atoms with E-state index in [-0.39, 0.29) is 42.7 Å². The molecule has 194 valence electrons. The predicted molar refractivity (Wildman–Crippen MR) is 126 cm³/mol. The molecular weight excluding hydrogens is 466 g/mol. The molecule has 0 aliphatic carbocycles. The van der Waals surface area contributed by atoms with Crippen molar-refractivity contribution in [3.63, 3.8) is 0 Å². The average Bonchev–Trinajstić information content (AvgIpc) is 2.76. The number of nitrogens with two attached hydrogens (primary N) is 1. The van der Waals surface area contributed by atoms with Crippen molar-refractivity contribution in [2.75, 3.05) is 12.3 Å². The minimum Gasteiger partial charge on any atom is -0.462 e. The highest BCUT2D eigenvalue weighted by atomic mass is 32.2. The van der Waals surface area contributed by atoms with E-state index in [1.807, 2.05) is 0 Å². The summed E-state index contributed by atoms with van der Waals surface area (Å²) >= 11 is 0.830. The van der Waals surface area contributed by atoms with Gasteiger partial charge >= 0.3 is 11.9 Å². The highest BCUT2D eigenvalue weighted by Crippen LogP contribution is 2.12. The molecule has 0 fully saturated rings. The van der Waals surface area contributed by atoms with Crippen LogP contribution in [-0.4, -0.2) is 76.3 Å². The van der Waals surface area contributed by atoms with Gasteiger partial charge in [0, 0.05) is 25.0 Å². The number of hydrogen-bond donors (Lipinski definition) is 2. The highest BCUT2D eigenvalue weighted by Gasteiger charge is 2.32. The number of ether oxygens (including phenoxy) is 2. The minimum absolute atomic E-state index is 0.0301. The standard InChI is InChI=1S/C22H37N3O8S/c1-7-18(27)25(11-19(28)32-13(3)4)21(30)16(12-34-20(29)8-2)24-17(26)10-9-15(23)22(31)33-14(5)6/h13-16H,7-12,23H2,1-6H3,(H,24,26). The molecule has 3 amide bonds. The zero-order chi connectivity index (χ0) is 26.4. The average molecular weight is 504 g/mol. The van der Waals surface area contributed by atoms with Crippen LogP contribution in [0.5, 0.6) is 0 Å². The molecule has 0 aromatic carbocycles. The molecule has 0 aliphatic rings. The fourth-order valence-corrected chi connectivity index (χ4v) is 3.32. The van der Waals surface area contributed by atoms with E-state index in [2.05, 4.69) is 5.32 Å². The zero-order valence-electron chi connectivity index (χ0n) is 20.8. The number of thioether (sulfide) groups is 1. The Balaban J connectivity index is 5.43. The second-order valence-electron chi connectivity index (χ2n) is 8.00. The first-order valence-electron chi connectivity index (χ1n) is 11.3. The fourth-order valence-electron chi connectivity index (χ4n) is 2.54. The number of carbonyl (C=O) groups excluding carboxylic acids is 6. The normalized spacial score (nSPS) is 12.6. The van der Waals surface area contributed by atoms with E-state index in [0.29, 0.717) is 0 Å². The van der Waals surface area contributed by atoms with Gasteiger partial charge in [0.1, 0.15) is 18.6 Å². The molecular formula is C22H37N3O8S. The van der Waals surface area contributed by atoms with Gasteiger partial charge in [0.25, 0.3) is 5.91 Å². The molecule has 0 aliphatic heterocycles. The summed E-state index contributed by atoms with van der Waals surface area (Å²) in [6.07, 6.45) is -0.868. The van der Waals surface area contributed by atoms with E-state index >= 15 is 0 Å². The van der Waals surface area contributed by atoms with E-state index in [1.165, 1.54) is 6.92 Å². The number of esters is 2. The summed E-state index contributed by atoms with van der Waals surface area (Å²) in [5.41, 5.74) is 5.75. The van der Waals surface area contributed by atoms with Crippen molar-refractivity contribution in [2.45, 2.75) is 91.5 Å². The molecule has 0 saturated carbocycles. The Morgan fingerprint density at radius 2 is 1.53 bits per heavy atom. The summed E-state index contributed by atoms with van der Waals surface area (Å²) in [5.74, 6) is -3.63. The van der Waals surface area contributed by atoms with Gasteiger partial charge < -0.3 is 20.5 Å². The molecule has 2 unspecified atom stereocenters. The first-order valence-corrected chi connectivity index (χ1v) is 12.2. The summed E-state index contributed by atoms with van der Waals surface area (Å²) in [5, 5.41) is 2.28. The van der Waals surface area contributed by atoms with Gasteiger partial charge in [0.05, 0.1) is 12.2 Å². The van der Waals surface area contributed by atoms with Crippen LogP contribution in [0.3, 0.4) is 0 Å². The predicted octanol–water partition coefficient (Wildman–Crippen LogP) is 0.917. The van der Waals surface area contributed by atoms with E-state index in [4.69, 9.17) is 15.2 Å². The van der Waals surface area contributed by atoms with Gasteiger partial charge in [-0.05, 0) is 34.1 Å². The summed E-state index contributed by atoms with van der Waals surface area (Å²) in [7, 11) is 0. The van der Waals surface area contributed by atoms with Crippen LogP contribution < -0.4 is 11.1 Å². The Kier molecular flexibility index (Phi) is 15.0. The van der Waals surface area contributed by atoms with Crippen LogP contribution in [-0.2, 0) is 38.2 Å². The second kappa shape index (κ2) is 16.2. The Hall–Kier alpha value is -2.47. The largest absolute Gasteiger partial charge is 0.462 e. The van der Waals surface area contributed by atoms with Gasteiger partial charge in [-0.2, -0.15) is 0 Å². The van der Waals surface area contributed by atoms with Crippen LogP contribution in [0.4, 0.5) is 0 Å². The third-order valence-corrected chi connectivity index (χ3v) is 5.30. The topological polar surface area (TPSA) is 162 Å². The SMILES string of the molecule is CCC(=O)SCC(NC(=O)CCC(N)C(=O)OC(C)C)C(=O)N(CC(=O)OC(C)C)C(=O)CC. The zero-order valence-corrected chi connectivity index (χ0v) is 21.6. The van der Waals surface area contributed by atoms with Gasteiger partial charge in [-0.1, -0.05) is 25.6 Å². The minimum atomic E-state index is -1.26. The van der Waals surface area contributed by atoms with Gasteiger partial charge in [-0.15, -0.1) is 0 Å². The number of hydrogen-bond acceptors (Lipinski definition) is 10. The van der Waals surface area contributed by atoms with Crippen LogP contribution in [0.25, 0.3) is 0 Å². The van der Waals surface area contributed by atoms with Crippen molar-refractivity contribution in [1.29, 1.82) is 0 Å². The molecule has 2 atom stereocenters. The third-order valence-electron chi connectivity index (χ3n) is 4.19. The maximum Gasteiger partial charge on any atom is 0.326 e. The quantitative estimate of drug-likeness (QED) is 0.326. The summed E-state index contributed by atoms with van der Waals surface area (Å²) < 4.78 is 10.0. The van der Waals surface area contributed by atoms with Crippen molar-refractivity contribution in [2.24, 2.45) is 5.73 Å². The van der Waals surface area contributed by atoms with Crippen LogP contribution >= 0.6 is 11.8 Å². The van der Waals surface area contributed by atoms with Gasteiger partial charge in [-0.3, -0.25) is 33.7 Å². The Morgan fingerprint density at radius 3 is 2.03 bits per heavy atom. The maximum atomic E-state index is 13.1. The first kappa shape index (κ1) is 31.5. The lowest BCUT2D eigenvalue weighted by atomic mass is 10.1. The number of imide groups is 1. The Labute approximate surface area is 204 Å². The molecule has 0 heterocycles. The molecule has 11 nitrogen and oxygen atoms in total. The fraction of sp³-hybridized carbons (Fsp3) is 0.727. The van der Waals surface area contributed by atoms with Crippen molar-refractivity contribution in [1.82, 2.24) is 10.2 Å². The molecule has 3 N–H and O–H groups in total. The van der Waals surface area contributed by atoms with E-state index in [9.17, 15) is 28.8 Å². The number of carbonyl (C=O) groups is 6. The van der Waals surface area contributed by atoms with Crippen LogP contribution in [0.15, 0.2) is 0 Å². The Morgan fingerprint density at radius 1 is 0.941 bits per heavy atom. The Bertz CT molecular complexity index is 742. The molecule has 0 aromatic rings. The van der Waals surface area contributed by atoms with Crippen molar-refractivity contribution in [3.8, 4) is 0 Å². The molecule has 0 radical (unpaired) electrons. The molecule has 0 rings (SSSR count). The maximum absolute atomic E-state index is 13.1. The number of rotatable bonds is 14. The number of amides is 3. The van der Waals surface area contributed by atoms with Crippen LogP contribution in [0, 0.1) is 0 Å². The van der Waals surface area contributed by atoms with Crippen molar-refractivity contribution < 1.29 is 38.2 Å². The number of nitrogens with one attached hydrogen (secondary N) is 1. The second-order valence-corrected chi connectivity index (χ2v) is 9.08. The lowest BCUT2D eigenvalue weighted by Crippen LogP contribution is -2.53. The molecule has 12 heteroatoms. The third kappa shape index (κ3) is 12.7. The van der Waals surface area contributed by atoms with Crippen LogP contribution in [0.1, 0.15) is 67.2 Å². The van der Waals surface area contributed by atoms with Crippen molar-refractivity contribution >= 4 is 46.5 Å². The smallest absolute Gasteiger partial charge is 0.326 e. The summed E-state index contributed by atoms with van der Waals surface area (Å²) in [6.45, 7) is 9.15. The highest BCUT2D eigenvalue weighted by molar-refractivity contribution is 8.13. The molecule has 0 aromatic heterocycles. The monoisotopic (exact) mass is 503 g/mol. The van der Waals surface area contributed by atoms with E-state index < -0.39 is 54.4 Å². The molecule has 34 heavy (non-hydrogen) atoms. The van der Waals surface area contributed by atoms with E-state index in [1.54, 1.807) is 34.6 Å². The van der Waals surface area contributed by atoms with E-state index in [0.717, 1.165) is 16.7 Å². The van der Waals surface area contributed by atoms with Gasteiger partial charge in [0.2, 0.25) is 11.8 Å². The van der Waals surface area contributed by atoms with Crippen molar-refractivity contribution in [3.05, 3.63) is 0 Å². The molecule has 0 saturated heterocycles. The summed E-state index contributed by atoms with van der Waals surface area (Å²) in [4.78, 5) is 74.4. The lowest BCUT2D eigenvalue weighted by Gasteiger charge is -2.26. The number of nitrogens with zero attached hydrogens (tertiary/aromatic N) is 1. The van der Waals surface area contributed by atoms with Gasteiger partial charge in [-0.25, -0.2) is 0 Å². The van der Waals surface area contributed by atoms with Gasteiger partial charge in [0.15, 0.2) is 5.12 Å². The first-order chi connectivity index (χ1) is 15.8. The lowest BCUT2D eigenvalue weighted by molar-refractivity contribution is -0.158. The molecule has 0 bridgehead atoms. The van der Waals surface area contributed by atoms with Crippen LogP contribution in [0.2, 0.25) is 0 Å². The summed E-state index contributed by atoms with van der Waals surface area (Å²) in [6, 6.07) is -2.28. The molecule has 0 spiro atoms.